The zero-order chi connectivity index (χ0) is 20.9. The lowest BCUT2D eigenvalue weighted by molar-refractivity contribution is -0.122. The van der Waals surface area contributed by atoms with Crippen LogP contribution in [-0.2, 0) is 4.79 Å². The van der Waals surface area contributed by atoms with E-state index in [9.17, 15) is 9.18 Å². The van der Waals surface area contributed by atoms with Crippen molar-refractivity contribution >= 4 is 34.7 Å². The zero-order valence-electron chi connectivity index (χ0n) is 16.3. The Kier molecular flexibility index (Phi) is 6.62. The molecule has 0 aliphatic carbocycles. The Labute approximate surface area is 184 Å². The fraction of sp³-hybridized carbons (Fsp3) is 0.273. The summed E-state index contributed by atoms with van der Waals surface area (Å²) in [5.74, 6) is 0.566. The van der Waals surface area contributed by atoms with E-state index in [2.05, 4.69) is 20.1 Å². The summed E-state index contributed by atoms with van der Waals surface area (Å²) >= 11 is 7.48. The fourth-order valence-corrected chi connectivity index (χ4v) is 4.44. The third-order valence-corrected chi connectivity index (χ3v) is 6.27. The number of pyridine rings is 1. The van der Waals surface area contributed by atoms with Gasteiger partial charge in [0.15, 0.2) is 0 Å². The molecule has 0 saturated carbocycles. The molecule has 3 heterocycles. The quantitative estimate of drug-likeness (QED) is 0.625. The number of anilines is 1. The van der Waals surface area contributed by atoms with Gasteiger partial charge in [-0.3, -0.25) is 9.69 Å². The van der Waals surface area contributed by atoms with Gasteiger partial charge in [0.2, 0.25) is 5.91 Å². The molecule has 0 radical (unpaired) electrons. The van der Waals surface area contributed by atoms with Crippen molar-refractivity contribution in [1.82, 2.24) is 15.2 Å². The lowest BCUT2D eigenvalue weighted by atomic mass is 10.1. The molecule has 4 rings (SSSR count). The highest BCUT2D eigenvalue weighted by Gasteiger charge is 2.23. The molecule has 0 bridgehead atoms. The summed E-state index contributed by atoms with van der Waals surface area (Å²) in [6.45, 7) is 3.48. The second-order valence-electron chi connectivity index (χ2n) is 7.17. The predicted molar refractivity (Wildman–Crippen MR) is 119 cm³/mol. The molecule has 1 N–H and O–H groups in total. The number of hydrogen-bond acceptors (Lipinski definition) is 5. The number of carbonyl (C=O) groups excluding carboxylic acids is 1. The van der Waals surface area contributed by atoms with Crippen molar-refractivity contribution in [3.05, 3.63) is 81.4 Å². The van der Waals surface area contributed by atoms with Crippen LogP contribution in [0.25, 0.3) is 0 Å². The van der Waals surface area contributed by atoms with Gasteiger partial charge in [-0.2, -0.15) is 0 Å². The number of amides is 1. The molecule has 1 fully saturated rings. The van der Waals surface area contributed by atoms with Crippen LogP contribution in [0, 0.1) is 5.82 Å². The van der Waals surface area contributed by atoms with Crippen LogP contribution in [0.4, 0.5) is 10.2 Å². The molecule has 1 amide bonds. The van der Waals surface area contributed by atoms with Crippen LogP contribution in [0.2, 0.25) is 5.02 Å². The molecule has 1 aliphatic heterocycles. The molecule has 3 aromatic rings. The van der Waals surface area contributed by atoms with Gasteiger partial charge in [0.05, 0.1) is 17.6 Å². The minimum atomic E-state index is -0.289. The van der Waals surface area contributed by atoms with Crippen molar-refractivity contribution in [2.75, 3.05) is 37.6 Å². The van der Waals surface area contributed by atoms with E-state index in [0.29, 0.717) is 11.6 Å². The molecule has 156 valence electrons. The van der Waals surface area contributed by atoms with Crippen LogP contribution in [-0.4, -0.2) is 48.5 Å². The van der Waals surface area contributed by atoms with Crippen molar-refractivity contribution in [2.24, 2.45) is 0 Å². The Morgan fingerprint density at radius 3 is 2.53 bits per heavy atom. The third kappa shape index (κ3) is 5.16. The molecular weight excluding hydrogens is 423 g/mol. The summed E-state index contributed by atoms with van der Waals surface area (Å²) in [5.41, 5.74) is 0.867. The van der Waals surface area contributed by atoms with Crippen LogP contribution < -0.4 is 10.2 Å². The summed E-state index contributed by atoms with van der Waals surface area (Å²) in [4.78, 5) is 22.5. The lowest BCUT2D eigenvalue weighted by Gasteiger charge is -2.35. The predicted octanol–water partition coefficient (Wildman–Crippen LogP) is 3.96. The Morgan fingerprint density at radius 1 is 1.13 bits per heavy atom. The van der Waals surface area contributed by atoms with Gasteiger partial charge in [-0.05, 0) is 41.3 Å². The minimum absolute atomic E-state index is 0.0456. The average molecular weight is 445 g/mol. The molecule has 1 aromatic carbocycles. The van der Waals surface area contributed by atoms with Crippen LogP contribution in [0.5, 0.6) is 0 Å². The number of nitrogens with zero attached hydrogens (tertiary/aromatic N) is 3. The Balaban J connectivity index is 1.35. The maximum Gasteiger partial charge on any atom is 0.234 e. The molecule has 30 heavy (non-hydrogen) atoms. The number of nitrogens with one attached hydrogen (secondary N) is 1. The van der Waals surface area contributed by atoms with Crippen LogP contribution in [0.15, 0.2) is 60.1 Å². The number of rotatable bonds is 6. The van der Waals surface area contributed by atoms with E-state index in [1.54, 1.807) is 29.7 Å². The van der Waals surface area contributed by atoms with Gasteiger partial charge in [-0.15, -0.1) is 11.3 Å². The first-order valence-electron chi connectivity index (χ1n) is 9.75. The molecule has 8 heteroatoms. The second-order valence-corrected chi connectivity index (χ2v) is 8.58. The summed E-state index contributed by atoms with van der Waals surface area (Å²) < 4.78 is 13.3. The second kappa shape index (κ2) is 9.55. The number of piperazine rings is 1. The normalized spacial score (nSPS) is 15.7. The Hall–Kier alpha value is -2.48. The van der Waals surface area contributed by atoms with Crippen LogP contribution >= 0.6 is 22.9 Å². The largest absolute Gasteiger partial charge is 0.354 e. The zero-order valence-corrected chi connectivity index (χ0v) is 17.9. The Morgan fingerprint density at radius 2 is 1.90 bits per heavy atom. The maximum absolute atomic E-state index is 13.3. The number of thiophene rings is 1. The van der Waals surface area contributed by atoms with Crippen molar-refractivity contribution < 1.29 is 9.18 Å². The SMILES string of the molecule is O=C(CN1CCN(c2ccc(Cl)cn2)CC1)NC(c1ccc(F)cc1)c1cccs1. The van der Waals surface area contributed by atoms with E-state index < -0.39 is 0 Å². The van der Waals surface area contributed by atoms with E-state index in [-0.39, 0.29) is 17.8 Å². The average Bonchev–Trinajstić information content (AvgIpc) is 3.29. The Bertz CT molecular complexity index is 958. The highest BCUT2D eigenvalue weighted by Crippen LogP contribution is 2.26. The molecular formula is C22H22ClFN4OS. The first-order valence-corrected chi connectivity index (χ1v) is 11.0. The standard InChI is InChI=1S/C22H22ClFN4OS/c23-17-5-8-20(25-14-17)28-11-9-27(10-12-28)15-21(29)26-22(19-2-1-13-30-19)16-3-6-18(24)7-4-16/h1-8,13-14,22H,9-12,15H2,(H,26,29). The highest BCUT2D eigenvalue weighted by molar-refractivity contribution is 7.10. The number of halogens is 2. The molecule has 0 spiro atoms. The van der Waals surface area contributed by atoms with E-state index in [1.165, 1.54) is 12.1 Å². The summed E-state index contributed by atoms with van der Waals surface area (Å²) in [6, 6.07) is 13.7. The van der Waals surface area contributed by atoms with Gasteiger partial charge < -0.3 is 10.2 Å². The van der Waals surface area contributed by atoms with Crippen LogP contribution in [0.3, 0.4) is 0 Å². The number of carbonyl (C=O) groups is 1. The van der Waals surface area contributed by atoms with E-state index in [4.69, 9.17) is 11.6 Å². The lowest BCUT2D eigenvalue weighted by Crippen LogP contribution is -2.50. The van der Waals surface area contributed by atoms with Crippen LogP contribution in [0.1, 0.15) is 16.5 Å². The van der Waals surface area contributed by atoms with Gasteiger partial charge in [0.25, 0.3) is 0 Å². The van der Waals surface area contributed by atoms with E-state index >= 15 is 0 Å². The molecule has 1 aliphatic rings. The first kappa shape index (κ1) is 20.8. The number of hydrogen-bond donors (Lipinski definition) is 1. The maximum atomic E-state index is 13.3. The van der Waals surface area contributed by atoms with Gasteiger partial charge >= 0.3 is 0 Å². The molecule has 1 atom stereocenters. The summed E-state index contributed by atoms with van der Waals surface area (Å²) in [5, 5.41) is 5.71. The van der Waals surface area contributed by atoms with E-state index in [0.717, 1.165) is 42.4 Å². The molecule has 2 aromatic heterocycles. The van der Waals surface area contributed by atoms with Gasteiger partial charge in [0.1, 0.15) is 11.6 Å². The third-order valence-electron chi connectivity index (χ3n) is 5.11. The van der Waals surface area contributed by atoms with Gasteiger partial charge in [-0.25, -0.2) is 9.37 Å². The summed E-state index contributed by atoms with van der Waals surface area (Å²) in [7, 11) is 0. The number of benzene rings is 1. The molecule has 5 nitrogen and oxygen atoms in total. The topological polar surface area (TPSA) is 48.5 Å². The molecule has 1 unspecified atom stereocenters. The van der Waals surface area contributed by atoms with Crippen molar-refractivity contribution in [1.29, 1.82) is 0 Å². The van der Waals surface area contributed by atoms with Gasteiger partial charge in [-0.1, -0.05) is 29.8 Å². The van der Waals surface area contributed by atoms with Crippen molar-refractivity contribution in [2.45, 2.75) is 6.04 Å². The first-order chi connectivity index (χ1) is 14.6. The molecule has 1 saturated heterocycles. The van der Waals surface area contributed by atoms with Crippen molar-refractivity contribution in [3.63, 3.8) is 0 Å². The van der Waals surface area contributed by atoms with Gasteiger partial charge in [0, 0.05) is 37.3 Å². The minimum Gasteiger partial charge on any atom is -0.354 e. The van der Waals surface area contributed by atoms with Crippen molar-refractivity contribution in [3.8, 4) is 0 Å². The number of aromatic nitrogens is 1. The summed E-state index contributed by atoms with van der Waals surface area (Å²) in [6.07, 6.45) is 1.65. The monoisotopic (exact) mass is 444 g/mol. The van der Waals surface area contributed by atoms with E-state index in [1.807, 2.05) is 29.6 Å². The smallest absolute Gasteiger partial charge is 0.234 e. The fourth-order valence-electron chi connectivity index (χ4n) is 3.53. The highest BCUT2D eigenvalue weighted by atomic mass is 35.5.